The summed E-state index contributed by atoms with van der Waals surface area (Å²) in [5.74, 6) is -0.985. The van der Waals surface area contributed by atoms with E-state index >= 15 is 0 Å². The molecule has 1 aromatic heterocycles. The molecule has 2 aromatic rings. The number of carbonyl (C=O) groups excluding carboxylic acids is 1. The van der Waals surface area contributed by atoms with E-state index in [1.165, 1.54) is 13.2 Å². The Kier molecular flexibility index (Phi) is 4.68. The zero-order valence-electron chi connectivity index (χ0n) is 10.6. The van der Waals surface area contributed by atoms with Crippen molar-refractivity contribution in [3.8, 4) is 0 Å². The number of esters is 1. The second-order valence-corrected chi connectivity index (χ2v) is 4.90. The first-order chi connectivity index (χ1) is 9.61. The van der Waals surface area contributed by atoms with Gasteiger partial charge in [0.1, 0.15) is 5.82 Å². The maximum atomic E-state index is 13.7. The highest BCUT2D eigenvalue weighted by molar-refractivity contribution is 9.10. The molecular formula is C14H12BrFN2O2. The van der Waals surface area contributed by atoms with Gasteiger partial charge in [0, 0.05) is 10.7 Å². The number of para-hydroxylation sites is 1. The van der Waals surface area contributed by atoms with Crippen LogP contribution >= 0.6 is 15.9 Å². The van der Waals surface area contributed by atoms with Crippen LogP contribution in [0, 0.1) is 5.82 Å². The lowest BCUT2D eigenvalue weighted by atomic mass is 10.1. The van der Waals surface area contributed by atoms with Gasteiger partial charge >= 0.3 is 5.97 Å². The Bertz CT molecular complexity index is 604. The molecule has 0 fully saturated rings. The smallest absolute Gasteiger partial charge is 0.334 e. The number of rotatable bonds is 4. The maximum absolute atomic E-state index is 13.7. The number of anilines is 1. The van der Waals surface area contributed by atoms with E-state index in [9.17, 15) is 9.18 Å². The normalized spacial score (nSPS) is 11.8. The highest BCUT2D eigenvalue weighted by Crippen LogP contribution is 2.22. The topological polar surface area (TPSA) is 51.2 Å². The van der Waals surface area contributed by atoms with Crippen molar-refractivity contribution in [2.24, 2.45) is 0 Å². The van der Waals surface area contributed by atoms with Gasteiger partial charge in [-0.05, 0) is 40.2 Å². The molecule has 0 bridgehead atoms. The fourth-order valence-electron chi connectivity index (χ4n) is 1.66. The van der Waals surface area contributed by atoms with Crippen molar-refractivity contribution in [2.45, 2.75) is 6.04 Å². The Morgan fingerprint density at radius 1 is 1.35 bits per heavy atom. The second kappa shape index (κ2) is 6.47. The Labute approximate surface area is 124 Å². The molecule has 4 nitrogen and oxygen atoms in total. The zero-order valence-corrected chi connectivity index (χ0v) is 12.2. The molecule has 1 atom stereocenters. The Balaban J connectivity index is 2.31. The largest absolute Gasteiger partial charge is 0.467 e. The number of hydrogen-bond acceptors (Lipinski definition) is 4. The van der Waals surface area contributed by atoms with E-state index in [2.05, 4.69) is 26.2 Å². The van der Waals surface area contributed by atoms with Crippen LogP contribution in [0.4, 0.5) is 10.1 Å². The van der Waals surface area contributed by atoms with E-state index < -0.39 is 17.8 Å². The summed E-state index contributed by atoms with van der Waals surface area (Å²) >= 11 is 3.27. The van der Waals surface area contributed by atoms with Crippen molar-refractivity contribution in [1.82, 2.24) is 4.98 Å². The van der Waals surface area contributed by atoms with Crippen LogP contribution in [0.15, 0.2) is 47.1 Å². The number of hydrogen-bond donors (Lipinski definition) is 1. The van der Waals surface area contributed by atoms with E-state index in [4.69, 9.17) is 4.74 Å². The SMILES string of the molecule is COC(=O)C(Nc1ccccc1F)c1ccc(Br)cn1. The van der Waals surface area contributed by atoms with E-state index in [-0.39, 0.29) is 5.69 Å². The average molecular weight is 339 g/mol. The number of pyridine rings is 1. The van der Waals surface area contributed by atoms with Crippen LogP contribution in [0.2, 0.25) is 0 Å². The fraction of sp³-hybridized carbons (Fsp3) is 0.143. The van der Waals surface area contributed by atoms with Crippen LogP contribution in [-0.4, -0.2) is 18.1 Å². The summed E-state index contributed by atoms with van der Waals surface area (Å²) in [7, 11) is 1.28. The minimum absolute atomic E-state index is 0.215. The third-order valence-electron chi connectivity index (χ3n) is 2.66. The molecule has 1 heterocycles. The van der Waals surface area contributed by atoms with Gasteiger partial charge in [0.15, 0.2) is 6.04 Å². The summed E-state index contributed by atoms with van der Waals surface area (Å²) in [6.07, 6.45) is 1.56. The Hall–Kier alpha value is -1.95. The number of benzene rings is 1. The van der Waals surface area contributed by atoms with Crippen LogP contribution < -0.4 is 5.32 Å². The monoisotopic (exact) mass is 338 g/mol. The molecule has 0 aliphatic heterocycles. The third-order valence-corrected chi connectivity index (χ3v) is 3.13. The number of carbonyl (C=O) groups is 1. The van der Waals surface area contributed by atoms with Crippen LogP contribution in [0.3, 0.4) is 0 Å². The molecule has 0 saturated carbocycles. The van der Waals surface area contributed by atoms with Gasteiger partial charge in [-0.15, -0.1) is 0 Å². The first kappa shape index (κ1) is 14.5. The number of methoxy groups -OCH3 is 1. The summed E-state index contributed by atoms with van der Waals surface area (Å²) in [4.78, 5) is 16.0. The molecule has 2 rings (SSSR count). The fourth-order valence-corrected chi connectivity index (χ4v) is 1.90. The minimum atomic E-state index is -0.870. The lowest BCUT2D eigenvalue weighted by Gasteiger charge is -2.17. The average Bonchev–Trinajstić information content (AvgIpc) is 2.47. The second-order valence-electron chi connectivity index (χ2n) is 3.98. The van der Waals surface area contributed by atoms with Crippen molar-refractivity contribution >= 4 is 27.6 Å². The Morgan fingerprint density at radius 2 is 2.10 bits per heavy atom. The molecular weight excluding hydrogens is 327 g/mol. The number of nitrogens with zero attached hydrogens (tertiary/aromatic N) is 1. The molecule has 104 valence electrons. The maximum Gasteiger partial charge on any atom is 0.334 e. The Morgan fingerprint density at radius 3 is 2.70 bits per heavy atom. The van der Waals surface area contributed by atoms with Gasteiger partial charge in [0.2, 0.25) is 0 Å². The van der Waals surface area contributed by atoms with E-state index in [1.54, 1.807) is 36.5 Å². The number of ether oxygens (including phenoxy) is 1. The van der Waals surface area contributed by atoms with Gasteiger partial charge in [0.05, 0.1) is 18.5 Å². The van der Waals surface area contributed by atoms with Crippen molar-refractivity contribution in [1.29, 1.82) is 0 Å². The van der Waals surface area contributed by atoms with E-state index in [0.29, 0.717) is 5.69 Å². The first-order valence-corrected chi connectivity index (χ1v) is 6.61. The minimum Gasteiger partial charge on any atom is -0.467 e. The van der Waals surface area contributed by atoms with Crippen LogP contribution in [0.25, 0.3) is 0 Å². The van der Waals surface area contributed by atoms with Gasteiger partial charge < -0.3 is 10.1 Å². The summed E-state index contributed by atoms with van der Waals surface area (Å²) in [5, 5.41) is 2.81. The molecule has 0 aliphatic carbocycles. The molecule has 20 heavy (non-hydrogen) atoms. The van der Waals surface area contributed by atoms with Crippen LogP contribution in [0.5, 0.6) is 0 Å². The molecule has 0 saturated heterocycles. The number of aromatic nitrogens is 1. The molecule has 0 amide bonds. The van der Waals surface area contributed by atoms with Gasteiger partial charge in [-0.1, -0.05) is 12.1 Å². The zero-order chi connectivity index (χ0) is 14.5. The molecule has 6 heteroatoms. The van der Waals surface area contributed by atoms with E-state index in [1.807, 2.05) is 0 Å². The summed E-state index contributed by atoms with van der Waals surface area (Å²) < 4.78 is 19.2. The lowest BCUT2D eigenvalue weighted by molar-refractivity contribution is -0.141. The molecule has 1 N–H and O–H groups in total. The lowest BCUT2D eigenvalue weighted by Crippen LogP contribution is -2.23. The number of nitrogens with one attached hydrogen (secondary N) is 1. The summed E-state index contributed by atoms with van der Waals surface area (Å²) in [5.41, 5.74) is 0.663. The standard InChI is InChI=1S/C14H12BrFN2O2/c1-20-14(19)13(12-7-6-9(15)8-17-12)18-11-5-3-2-4-10(11)16/h2-8,13,18H,1H3. The van der Waals surface area contributed by atoms with Gasteiger partial charge in [-0.3, -0.25) is 4.98 Å². The van der Waals surface area contributed by atoms with E-state index in [0.717, 1.165) is 4.47 Å². The number of halogens is 2. The van der Waals surface area contributed by atoms with Crippen LogP contribution in [0.1, 0.15) is 11.7 Å². The highest BCUT2D eigenvalue weighted by atomic mass is 79.9. The summed E-state index contributed by atoms with van der Waals surface area (Å²) in [6.45, 7) is 0. The van der Waals surface area contributed by atoms with Crippen molar-refractivity contribution < 1.29 is 13.9 Å². The molecule has 0 spiro atoms. The van der Waals surface area contributed by atoms with Crippen LogP contribution in [-0.2, 0) is 9.53 Å². The van der Waals surface area contributed by atoms with Gasteiger partial charge in [-0.2, -0.15) is 0 Å². The molecule has 1 aromatic carbocycles. The summed E-state index contributed by atoms with van der Waals surface area (Å²) in [6, 6.07) is 8.65. The van der Waals surface area contributed by atoms with Crippen molar-refractivity contribution in [2.75, 3.05) is 12.4 Å². The van der Waals surface area contributed by atoms with Crippen molar-refractivity contribution in [3.63, 3.8) is 0 Å². The van der Waals surface area contributed by atoms with Gasteiger partial charge in [-0.25, -0.2) is 9.18 Å². The first-order valence-electron chi connectivity index (χ1n) is 5.82. The quantitative estimate of drug-likeness (QED) is 0.869. The molecule has 1 unspecified atom stereocenters. The third kappa shape index (κ3) is 3.33. The van der Waals surface area contributed by atoms with Gasteiger partial charge in [0.25, 0.3) is 0 Å². The molecule has 0 aliphatic rings. The molecule has 0 radical (unpaired) electrons. The predicted molar refractivity (Wildman–Crippen MR) is 76.7 cm³/mol. The highest BCUT2D eigenvalue weighted by Gasteiger charge is 2.23. The predicted octanol–water partition coefficient (Wildman–Crippen LogP) is 3.31. The van der Waals surface area contributed by atoms with Crippen molar-refractivity contribution in [3.05, 3.63) is 58.6 Å².